The van der Waals surface area contributed by atoms with Crippen LogP contribution in [0.2, 0.25) is 0 Å². The lowest BCUT2D eigenvalue weighted by molar-refractivity contribution is -0.951. The van der Waals surface area contributed by atoms with E-state index in [1.807, 2.05) is 12.1 Å². The number of aliphatic hydroxyl groups excluding tert-OH is 1. The second-order valence-corrected chi connectivity index (χ2v) is 8.07. The molecule has 3 N–H and O–H groups in total. The molecule has 1 aromatic carbocycles. The lowest BCUT2D eigenvalue weighted by Gasteiger charge is -2.52. The number of nitrogens with zero attached hydrogens (tertiary/aromatic N) is 1. The van der Waals surface area contributed by atoms with E-state index in [-0.39, 0.29) is 0 Å². The number of hydrogen-bond donors (Lipinski definition) is 3. The number of aromatic hydroxyl groups is 1. The predicted octanol–water partition coefficient (Wildman–Crippen LogP) is 3.35. The second kappa shape index (κ2) is 5.78. The first-order valence-corrected chi connectivity index (χ1v) is 9.34. The predicted molar refractivity (Wildman–Crippen MR) is 95.9 cm³/mol. The molecule has 24 heavy (non-hydrogen) atoms. The molecule has 3 heterocycles. The average Bonchev–Trinajstić information content (AvgIpc) is 2.93. The van der Waals surface area contributed by atoms with Crippen LogP contribution in [0.15, 0.2) is 18.2 Å². The zero-order valence-electron chi connectivity index (χ0n) is 14.8. The molecule has 4 nitrogen and oxygen atoms in total. The number of aliphatic hydroxyl groups is 1. The van der Waals surface area contributed by atoms with Gasteiger partial charge in [-0.3, -0.25) is 0 Å². The van der Waals surface area contributed by atoms with Crippen LogP contribution in [0.3, 0.4) is 0 Å². The molecule has 4 rings (SSSR count). The summed E-state index contributed by atoms with van der Waals surface area (Å²) in [5.74, 6) is 1.68. The molecule has 0 amide bonds. The number of hydrogen-bond acceptors (Lipinski definition) is 2. The van der Waals surface area contributed by atoms with Crippen LogP contribution < -0.4 is 0 Å². The van der Waals surface area contributed by atoms with Gasteiger partial charge in [0.05, 0.1) is 25.8 Å². The molecule has 130 valence electrons. The van der Waals surface area contributed by atoms with Gasteiger partial charge in [-0.15, -0.1) is 0 Å². The third-order valence-electron chi connectivity index (χ3n) is 6.75. The van der Waals surface area contributed by atoms with Gasteiger partial charge in [-0.05, 0) is 42.5 Å². The number of rotatable bonds is 3. The maximum Gasteiger partial charge on any atom is 0.130 e. The Kier molecular flexibility index (Phi) is 3.85. The molecule has 2 aliphatic heterocycles. The maximum atomic E-state index is 9.87. The van der Waals surface area contributed by atoms with Crippen molar-refractivity contribution >= 4 is 10.9 Å². The zero-order chi connectivity index (χ0) is 16.9. The molecular weight excluding hydrogens is 300 g/mol. The van der Waals surface area contributed by atoms with Crippen LogP contribution >= 0.6 is 0 Å². The molecule has 4 heteroatoms. The molecule has 0 bridgehead atoms. The van der Waals surface area contributed by atoms with Crippen molar-refractivity contribution in [3.05, 3.63) is 29.5 Å². The number of likely N-dealkylation sites (N-methyl/N-ethyl adjacent to an activating group) is 1. The van der Waals surface area contributed by atoms with E-state index >= 15 is 0 Å². The van der Waals surface area contributed by atoms with Crippen LogP contribution in [-0.2, 0) is 6.42 Å². The van der Waals surface area contributed by atoms with Crippen molar-refractivity contribution in [1.82, 2.24) is 4.98 Å². The van der Waals surface area contributed by atoms with E-state index in [4.69, 9.17) is 0 Å². The highest BCUT2D eigenvalue weighted by atomic mass is 16.3. The van der Waals surface area contributed by atoms with Crippen LogP contribution in [0.5, 0.6) is 5.75 Å². The first-order valence-electron chi connectivity index (χ1n) is 9.34. The molecule has 2 aromatic rings. The summed E-state index contributed by atoms with van der Waals surface area (Å²) in [4.78, 5) is 3.67. The Balaban J connectivity index is 1.77. The number of fused-ring (bicyclic) bond motifs is 5. The third-order valence-corrected chi connectivity index (χ3v) is 6.75. The summed E-state index contributed by atoms with van der Waals surface area (Å²) < 4.78 is 1.12. The number of benzene rings is 1. The number of piperidine rings is 1. The highest BCUT2D eigenvalue weighted by Crippen LogP contribution is 2.48. The number of nitrogens with one attached hydrogen (secondary N) is 1. The van der Waals surface area contributed by atoms with E-state index in [1.165, 1.54) is 36.2 Å². The third kappa shape index (κ3) is 2.35. The Bertz CT molecular complexity index is 753. The maximum absolute atomic E-state index is 9.87. The number of phenolic OH excluding ortho intramolecular Hbond substituents is 1. The van der Waals surface area contributed by atoms with E-state index in [0.29, 0.717) is 30.2 Å². The van der Waals surface area contributed by atoms with Crippen LogP contribution in [-0.4, -0.2) is 46.4 Å². The molecule has 0 radical (unpaired) electrons. The first-order chi connectivity index (χ1) is 11.6. The molecule has 1 unspecified atom stereocenters. The lowest BCUT2D eigenvalue weighted by atomic mass is 9.74. The number of aromatic nitrogens is 1. The standard InChI is InChI=1S/C20H28N2O2/c1-3-13-12-22(2)8-6-16-17-11-15(24)4-5-18(17)21-20(16)19(22)10-14(13)7-9-23/h4-5,11,13-14,19,21,23H,3,6-10,12H2,1-2H3/p+1/t13?,14-,19-,22+/m0/s1. The lowest BCUT2D eigenvalue weighted by Crippen LogP contribution is -2.58. The minimum atomic E-state index is 0.297. The fraction of sp³-hybridized carbons (Fsp3) is 0.600. The number of H-pyrrole nitrogens is 1. The van der Waals surface area contributed by atoms with Gasteiger partial charge in [0, 0.05) is 36.3 Å². The van der Waals surface area contributed by atoms with Gasteiger partial charge in [-0.25, -0.2) is 0 Å². The molecule has 1 aromatic heterocycles. The average molecular weight is 329 g/mol. The quantitative estimate of drug-likeness (QED) is 0.757. The van der Waals surface area contributed by atoms with Crippen molar-refractivity contribution in [2.45, 2.75) is 38.6 Å². The number of aromatic amines is 1. The fourth-order valence-electron chi connectivity index (χ4n) is 5.38. The molecule has 1 saturated heterocycles. The van der Waals surface area contributed by atoms with Crippen LogP contribution in [0, 0.1) is 11.8 Å². The zero-order valence-corrected chi connectivity index (χ0v) is 14.8. The summed E-state index contributed by atoms with van der Waals surface area (Å²) >= 11 is 0. The summed E-state index contributed by atoms with van der Waals surface area (Å²) in [6.07, 6.45) is 4.36. The minimum absolute atomic E-state index is 0.297. The molecule has 2 aliphatic rings. The Labute approximate surface area is 143 Å². The van der Waals surface area contributed by atoms with Crippen LogP contribution in [0.1, 0.15) is 43.5 Å². The van der Waals surface area contributed by atoms with Gasteiger partial charge in [0.15, 0.2) is 0 Å². The van der Waals surface area contributed by atoms with Crippen molar-refractivity contribution in [1.29, 1.82) is 0 Å². The van der Waals surface area contributed by atoms with Gasteiger partial charge >= 0.3 is 0 Å². The van der Waals surface area contributed by atoms with Crippen molar-refractivity contribution < 1.29 is 14.7 Å². The molecule has 0 aliphatic carbocycles. The fourth-order valence-corrected chi connectivity index (χ4v) is 5.38. The minimum Gasteiger partial charge on any atom is -0.508 e. The Morgan fingerprint density at radius 3 is 2.88 bits per heavy atom. The molecule has 1 fully saturated rings. The van der Waals surface area contributed by atoms with Gasteiger partial charge in [0.1, 0.15) is 11.8 Å². The van der Waals surface area contributed by atoms with Crippen LogP contribution in [0.4, 0.5) is 0 Å². The molecule has 0 saturated carbocycles. The number of quaternary nitrogens is 1. The van der Waals surface area contributed by atoms with Gasteiger partial charge < -0.3 is 19.7 Å². The van der Waals surface area contributed by atoms with Crippen molar-refractivity contribution in [3.8, 4) is 5.75 Å². The van der Waals surface area contributed by atoms with E-state index in [1.54, 1.807) is 6.07 Å². The van der Waals surface area contributed by atoms with Crippen molar-refractivity contribution in [2.75, 3.05) is 26.7 Å². The molecule has 4 atom stereocenters. The van der Waals surface area contributed by atoms with E-state index in [0.717, 1.165) is 29.3 Å². The SMILES string of the molecule is CCC1C[N@@+]2(C)CCc3c([nH]c4ccc(O)cc34)[C@@H]2C[C@@H]1CCO. The molecule has 0 spiro atoms. The summed E-state index contributed by atoms with van der Waals surface area (Å²) in [6, 6.07) is 6.16. The molecular formula is C20H29N2O2+. The largest absolute Gasteiger partial charge is 0.508 e. The monoisotopic (exact) mass is 329 g/mol. The van der Waals surface area contributed by atoms with Crippen molar-refractivity contribution in [3.63, 3.8) is 0 Å². The second-order valence-electron chi connectivity index (χ2n) is 8.07. The van der Waals surface area contributed by atoms with Gasteiger partial charge in [0.25, 0.3) is 0 Å². The highest BCUT2D eigenvalue weighted by Gasteiger charge is 2.48. The number of phenols is 1. The van der Waals surface area contributed by atoms with E-state index in [2.05, 4.69) is 19.0 Å². The topological polar surface area (TPSA) is 56.2 Å². The van der Waals surface area contributed by atoms with E-state index in [9.17, 15) is 10.2 Å². The Hall–Kier alpha value is -1.52. The van der Waals surface area contributed by atoms with Gasteiger partial charge in [0.2, 0.25) is 0 Å². The normalized spacial score (nSPS) is 32.5. The van der Waals surface area contributed by atoms with Gasteiger partial charge in [-0.2, -0.15) is 0 Å². The van der Waals surface area contributed by atoms with Gasteiger partial charge in [-0.1, -0.05) is 6.92 Å². The summed E-state index contributed by atoms with van der Waals surface area (Å²) in [6.45, 7) is 4.97. The summed E-state index contributed by atoms with van der Waals surface area (Å²) in [7, 11) is 2.41. The van der Waals surface area contributed by atoms with E-state index < -0.39 is 0 Å². The first kappa shape index (κ1) is 16.0. The Morgan fingerprint density at radius 2 is 2.12 bits per heavy atom. The van der Waals surface area contributed by atoms with Crippen LogP contribution in [0.25, 0.3) is 10.9 Å². The Morgan fingerprint density at radius 1 is 1.29 bits per heavy atom. The smallest absolute Gasteiger partial charge is 0.130 e. The highest BCUT2D eigenvalue weighted by molar-refractivity contribution is 5.86. The summed E-state index contributed by atoms with van der Waals surface area (Å²) in [5.41, 5.74) is 3.92. The van der Waals surface area contributed by atoms with Crippen molar-refractivity contribution in [2.24, 2.45) is 11.8 Å². The summed E-state index contributed by atoms with van der Waals surface area (Å²) in [5, 5.41) is 20.5.